The fraction of sp³-hybridized carbons (Fsp3) is 0.833. The molecular weight excluding hydrogens is 170 g/mol. The Balaban J connectivity index is 0.000001000. The zero-order valence-corrected chi connectivity index (χ0v) is 7.10. The molecule has 1 rings (SSSR count). The maximum Gasteiger partial charge on any atom is 0.335 e. The predicted octanol–water partition coefficient (Wildman–Crippen LogP) is -0.303. The third kappa shape index (κ3) is 2.65. The van der Waals surface area contributed by atoms with Crippen LogP contribution in [0.15, 0.2) is 0 Å². The van der Waals surface area contributed by atoms with Crippen molar-refractivity contribution in [3.63, 3.8) is 0 Å². The number of rotatable bonds is 1. The first-order chi connectivity index (χ1) is 4.74. The largest absolute Gasteiger partial charge is 0.467 e. The van der Waals surface area contributed by atoms with Gasteiger partial charge in [-0.1, -0.05) is 0 Å². The first-order valence-corrected chi connectivity index (χ1v) is 3.19. The molecule has 1 fully saturated rings. The standard InChI is InChI=1S/C6H11NO3.ClH/c1-9-6(8)5-2-4(7)3-10-5;/h4-5H,2-3,7H2,1H3;1H/t4-,5-;/m0./s1. The maximum absolute atomic E-state index is 10.8. The van der Waals surface area contributed by atoms with E-state index in [4.69, 9.17) is 10.5 Å². The summed E-state index contributed by atoms with van der Waals surface area (Å²) in [5, 5.41) is 0. The van der Waals surface area contributed by atoms with Crippen LogP contribution in [0, 0.1) is 0 Å². The number of esters is 1. The second kappa shape index (κ2) is 4.54. The summed E-state index contributed by atoms with van der Waals surface area (Å²) in [6, 6.07) is -0.0101. The van der Waals surface area contributed by atoms with Crippen molar-refractivity contribution >= 4 is 18.4 Å². The molecule has 0 bridgehead atoms. The topological polar surface area (TPSA) is 61.5 Å². The Morgan fingerprint density at radius 3 is 2.73 bits per heavy atom. The summed E-state index contributed by atoms with van der Waals surface area (Å²) in [4.78, 5) is 10.8. The number of ether oxygens (including phenoxy) is 2. The van der Waals surface area contributed by atoms with E-state index in [1.54, 1.807) is 0 Å². The number of hydrogen-bond acceptors (Lipinski definition) is 4. The molecule has 0 saturated carbocycles. The second-order valence-electron chi connectivity index (χ2n) is 2.34. The van der Waals surface area contributed by atoms with Crippen molar-refractivity contribution in [3.8, 4) is 0 Å². The zero-order valence-electron chi connectivity index (χ0n) is 6.28. The third-order valence-electron chi connectivity index (χ3n) is 1.49. The molecule has 1 aliphatic rings. The molecule has 2 N–H and O–H groups in total. The average molecular weight is 182 g/mol. The van der Waals surface area contributed by atoms with Gasteiger partial charge in [0.2, 0.25) is 0 Å². The van der Waals surface area contributed by atoms with Crippen molar-refractivity contribution in [2.75, 3.05) is 13.7 Å². The van der Waals surface area contributed by atoms with Gasteiger partial charge < -0.3 is 15.2 Å². The summed E-state index contributed by atoms with van der Waals surface area (Å²) in [7, 11) is 1.34. The van der Waals surface area contributed by atoms with Crippen molar-refractivity contribution in [2.24, 2.45) is 5.73 Å². The molecule has 1 heterocycles. The minimum absolute atomic E-state index is 0. The first-order valence-electron chi connectivity index (χ1n) is 3.19. The van der Waals surface area contributed by atoms with Crippen LogP contribution in [-0.4, -0.2) is 31.8 Å². The number of carbonyl (C=O) groups is 1. The fourth-order valence-corrected chi connectivity index (χ4v) is 0.947. The SMILES string of the molecule is COC(=O)[C@@H]1C[C@H](N)CO1.Cl. The van der Waals surface area contributed by atoms with Gasteiger partial charge in [-0.25, -0.2) is 4.79 Å². The van der Waals surface area contributed by atoms with Crippen molar-refractivity contribution in [1.29, 1.82) is 0 Å². The van der Waals surface area contributed by atoms with Crippen LogP contribution in [0.1, 0.15) is 6.42 Å². The average Bonchev–Trinajstić information content (AvgIpc) is 2.34. The molecular formula is C6H12ClNO3. The van der Waals surface area contributed by atoms with Crippen LogP contribution in [0.3, 0.4) is 0 Å². The third-order valence-corrected chi connectivity index (χ3v) is 1.49. The Labute approximate surface area is 71.4 Å². The van der Waals surface area contributed by atoms with Gasteiger partial charge in [-0.05, 0) is 0 Å². The van der Waals surface area contributed by atoms with Crippen LogP contribution in [0.25, 0.3) is 0 Å². The fourth-order valence-electron chi connectivity index (χ4n) is 0.947. The Kier molecular flexibility index (Phi) is 4.40. The number of hydrogen-bond donors (Lipinski definition) is 1. The Bertz CT molecular complexity index is 142. The van der Waals surface area contributed by atoms with Gasteiger partial charge in [0.25, 0.3) is 0 Å². The Morgan fingerprint density at radius 1 is 1.73 bits per heavy atom. The van der Waals surface area contributed by atoms with Crippen molar-refractivity contribution in [1.82, 2.24) is 0 Å². The lowest BCUT2D eigenvalue weighted by atomic mass is 10.2. The van der Waals surface area contributed by atoms with Crippen LogP contribution in [0.5, 0.6) is 0 Å². The molecule has 66 valence electrons. The molecule has 0 aliphatic carbocycles. The Hall–Kier alpha value is -0.320. The maximum atomic E-state index is 10.8. The van der Waals surface area contributed by atoms with Gasteiger partial charge in [0, 0.05) is 12.5 Å². The van der Waals surface area contributed by atoms with Crippen LogP contribution >= 0.6 is 12.4 Å². The number of methoxy groups -OCH3 is 1. The normalized spacial score (nSPS) is 29.3. The van der Waals surface area contributed by atoms with E-state index >= 15 is 0 Å². The van der Waals surface area contributed by atoms with E-state index in [9.17, 15) is 4.79 Å². The molecule has 2 atom stereocenters. The molecule has 0 spiro atoms. The van der Waals surface area contributed by atoms with Gasteiger partial charge in [0.15, 0.2) is 6.10 Å². The van der Waals surface area contributed by atoms with E-state index in [2.05, 4.69) is 4.74 Å². The van der Waals surface area contributed by atoms with Gasteiger partial charge in [-0.2, -0.15) is 0 Å². The predicted molar refractivity (Wildman–Crippen MR) is 41.6 cm³/mol. The first kappa shape index (κ1) is 10.7. The summed E-state index contributed by atoms with van der Waals surface area (Å²) in [5.74, 6) is -0.326. The number of nitrogens with two attached hydrogens (primary N) is 1. The molecule has 0 amide bonds. The summed E-state index contributed by atoms with van der Waals surface area (Å²) in [5.41, 5.74) is 5.48. The van der Waals surface area contributed by atoms with E-state index in [-0.39, 0.29) is 24.4 Å². The molecule has 0 radical (unpaired) electrons. The van der Waals surface area contributed by atoms with Crippen LogP contribution in [0.2, 0.25) is 0 Å². The summed E-state index contributed by atoms with van der Waals surface area (Å²) >= 11 is 0. The summed E-state index contributed by atoms with van der Waals surface area (Å²) < 4.78 is 9.48. The van der Waals surface area contributed by atoms with Gasteiger partial charge in [0.1, 0.15) is 0 Å². The van der Waals surface area contributed by atoms with Crippen molar-refractivity contribution in [3.05, 3.63) is 0 Å². The lowest BCUT2D eigenvalue weighted by Crippen LogP contribution is -2.23. The van der Waals surface area contributed by atoms with Gasteiger partial charge in [-0.15, -0.1) is 12.4 Å². The second-order valence-corrected chi connectivity index (χ2v) is 2.34. The molecule has 1 aliphatic heterocycles. The van der Waals surface area contributed by atoms with E-state index < -0.39 is 6.10 Å². The minimum atomic E-state index is -0.431. The molecule has 0 aromatic carbocycles. The molecule has 5 heteroatoms. The zero-order chi connectivity index (χ0) is 7.56. The van der Waals surface area contributed by atoms with E-state index in [1.165, 1.54) is 7.11 Å². The quantitative estimate of drug-likeness (QED) is 0.565. The molecule has 11 heavy (non-hydrogen) atoms. The highest BCUT2D eigenvalue weighted by Gasteiger charge is 2.29. The minimum Gasteiger partial charge on any atom is -0.467 e. The van der Waals surface area contributed by atoms with Gasteiger partial charge >= 0.3 is 5.97 Å². The molecule has 1 saturated heterocycles. The van der Waals surface area contributed by atoms with Gasteiger partial charge in [0.05, 0.1) is 13.7 Å². The molecule has 0 aromatic rings. The van der Waals surface area contributed by atoms with Crippen molar-refractivity contribution in [2.45, 2.75) is 18.6 Å². The van der Waals surface area contributed by atoms with Crippen molar-refractivity contribution < 1.29 is 14.3 Å². The van der Waals surface area contributed by atoms with Crippen LogP contribution in [-0.2, 0) is 14.3 Å². The molecule has 0 aromatic heterocycles. The highest BCUT2D eigenvalue weighted by Crippen LogP contribution is 2.11. The monoisotopic (exact) mass is 181 g/mol. The number of carbonyl (C=O) groups excluding carboxylic acids is 1. The van der Waals surface area contributed by atoms with Crippen LogP contribution in [0.4, 0.5) is 0 Å². The highest BCUT2D eigenvalue weighted by atomic mass is 35.5. The van der Waals surface area contributed by atoms with E-state index in [1.807, 2.05) is 0 Å². The van der Waals surface area contributed by atoms with Crippen LogP contribution < -0.4 is 5.73 Å². The summed E-state index contributed by atoms with van der Waals surface area (Å²) in [6.45, 7) is 0.458. The van der Waals surface area contributed by atoms with E-state index in [0.29, 0.717) is 13.0 Å². The summed E-state index contributed by atoms with van der Waals surface area (Å²) in [6.07, 6.45) is 0.146. The number of halogens is 1. The van der Waals surface area contributed by atoms with E-state index in [0.717, 1.165) is 0 Å². The van der Waals surface area contributed by atoms with Gasteiger partial charge in [-0.3, -0.25) is 0 Å². The smallest absolute Gasteiger partial charge is 0.335 e. The lowest BCUT2D eigenvalue weighted by Gasteiger charge is -2.04. The lowest BCUT2D eigenvalue weighted by molar-refractivity contribution is -0.151. The Morgan fingerprint density at radius 2 is 2.36 bits per heavy atom. The highest BCUT2D eigenvalue weighted by molar-refractivity contribution is 5.85. The molecule has 0 unspecified atom stereocenters. The molecule has 4 nitrogen and oxygen atoms in total.